The van der Waals surface area contributed by atoms with Gasteiger partial charge in [-0.25, -0.2) is 0 Å². The molecule has 1 amide bonds. The minimum Gasteiger partial charge on any atom is -0.383 e. The summed E-state index contributed by atoms with van der Waals surface area (Å²) < 4.78 is 5.15. The topological polar surface area (TPSA) is 44.8 Å². The molecule has 5 heteroatoms. The van der Waals surface area contributed by atoms with Gasteiger partial charge in [-0.2, -0.15) is 0 Å². The zero-order chi connectivity index (χ0) is 16.8. The van der Waals surface area contributed by atoms with Gasteiger partial charge >= 0.3 is 0 Å². The van der Waals surface area contributed by atoms with Crippen LogP contribution >= 0.6 is 0 Å². The molecule has 0 radical (unpaired) electrons. The summed E-state index contributed by atoms with van der Waals surface area (Å²) in [5.41, 5.74) is 0.254. The van der Waals surface area contributed by atoms with Crippen LogP contribution in [0.5, 0.6) is 0 Å². The van der Waals surface area contributed by atoms with Crippen molar-refractivity contribution < 1.29 is 9.53 Å². The number of hydrogen-bond donors (Lipinski definition) is 1. The third-order valence-corrected chi connectivity index (χ3v) is 6.41. The molecule has 3 rings (SSSR count). The monoisotopic (exact) mass is 337 g/mol. The van der Waals surface area contributed by atoms with Gasteiger partial charge in [0, 0.05) is 32.3 Å². The first-order chi connectivity index (χ1) is 11.7. The lowest BCUT2D eigenvalue weighted by atomic mass is 9.91. The number of nitrogens with zero attached hydrogens (tertiary/aromatic N) is 2. The van der Waals surface area contributed by atoms with Gasteiger partial charge < -0.3 is 15.0 Å². The highest BCUT2D eigenvalue weighted by atomic mass is 16.5. The maximum Gasteiger partial charge on any atom is 0.224 e. The Kier molecular flexibility index (Phi) is 6.53. The van der Waals surface area contributed by atoms with E-state index in [0.717, 1.165) is 39.2 Å². The first kappa shape index (κ1) is 18.2. The Labute approximate surface area is 147 Å². The quantitative estimate of drug-likeness (QED) is 0.770. The maximum atomic E-state index is 12.7. The lowest BCUT2D eigenvalue weighted by Gasteiger charge is -2.44. The van der Waals surface area contributed by atoms with Gasteiger partial charge in [0.05, 0.1) is 12.5 Å². The van der Waals surface area contributed by atoms with Crippen LogP contribution in [0.4, 0.5) is 0 Å². The second-order valence-corrected chi connectivity index (χ2v) is 7.98. The number of piperidine rings is 1. The van der Waals surface area contributed by atoms with E-state index in [9.17, 15) is 4.79 Å². The van der Waals surface area contributed by atoms with E-state index in [1.54, 1.807) is 7.11 Å². The first-order valence-electron chi connectivity index (χ1n) is 9.98. The maximum absolute atomic E-state index is 12.7. The van der Waals surface area contributed by atoms with Gasteiger partial charge in [0.2, 0.25) is 5.91 Å². The largest absolute Gasteiger partial charge is 0.383 e. The van der Waals surface area contributed by atoms with Crippen molar-refractivity contribution in [3.8, 4) is 0 Å². The zero-order valence-corrected chi connectivity index (χ0v) is 15.4. The molecule has 1 N–H and O–H groups in total. The Hall–Kier alpha value is -0.650. The van der Waals surface area contributed by atoms with Crippen molar-refractivity contribution >= 4 is 5.91 Å². The first-order valence-corrected chi connectivity index (χ1v) is 9.98. The van der Waals surface area contributed by atoms with Crippen LogP contribution in [-0.4, -0.2) is 74.2 Å². The fourth-order valence-electron chi connectivity index (χ4n) is 4.87. The molecule has 2 saturated heterocycles. The number of carbonyl (C=O) groups is 1. The molecule has 1 atom stereocenters. The molecule has 0 spiro atoms. The van der Waals surface area contributed by atoms with E-state index >= 15 is 0 Å². The van der Waals surface area contributed by atoms with Crippen LogP contribution in [0.25, 0.3) is 0 Å². The highest BCUT2D eigenvalue weighted by molar-refractivity contribution is 5.79. The molecular weight excluding hydrogens is 302 g/mol. The fourth-order valence-corrected chi connectivity index (χ4v) is 4.87. The number of ether oxygens (including phenoxy) is 1. The van der Waals surface area contributed by atoms with Crippen molar-refractivity contribution in [3.05, 3.63) is 0 Å². The normalized spacial score (nSPS) is 28.3. The van der Waals surface area contributed by atoms with Crippen LogP contribution in [0.1, 0.15) is 51.4 Å². The molecule has 0 aromatic rings. The van der Waals surface area contributed by atoms with E-state index in [4.69, 9.17) is 4.74 Å². The van der Waals surface area contributed by atoms with E-state index in [2.05, 4.69) is 15.1 Å². The van der Waals surface area contributed by atoms with Crippen LogP contribution in [0.3, 0.4) is 0 Å². The number of amides is 1. The summed E-state index contributed by atoms with van der Waals surface area (Å²) in [6, 6.07) is 0. The molecule has 0 bridgehead atoms. The van der Waals surface area contributed by atoms with E-state index in [0.29, 0.717) is 0 Å². The SMILES string of the molecule is COCCN1CC[C@@H](C(=O)NCC2(N3CCCCC3)CCCC2)C1. The molecule has 0 aromatic carbocycles. The number of rotatable bonds is 7. The van der Waals surface area contributed by atoms with Crippen molar-refractivity contribution in [1.82, 2.24) is 15.1 Å². The molecule has 1 aliphatic carbocycles. The molecule has 2 heterocycles. The lowest BCUT2D eigenvalue weighted by Crippen LogP contribution is -2.56. The van der Waals surface area contributed by atoms with Crippen molar-refractivity contribution in [3.63, 3.8) is 0 Å². The number of methoxy groups -OCH3 is 1. The molecule has 24 heavy (non-hydrogen) atoms. The summed E-state index contributed by atoms with van der Waals surface area (Å²) in [5.74, 6) is 0.444. The number of nitrogens with one attached hydrogen (secondary N) is 1. The van der Waals surface area contributed by atoms with Crippen LogP contribution in [0.15, 0.2) is 0 Å². The van der Waals surface area contributed by atoms with Gasteiger partial charge in [-0.15, -0.1) is 0 Å². The predicted molar refractivity (Wildman–Crippen MR) is 96.1 cm³/mol. The summed E-state index contributed by atoms with van der Waals surface area (Å²) in [7, 11) is 1.74. The minimum atomic E-state index is 0.168. The second-order valence-electron chi connectivity index (χ2n) is 7.98. The van der Waals surface area contributed by atoms with Gasteiger partial charge in [0.15, 0.2) is 0 Å². The second kappa shape index (κ2) is 8.63. The Morgan fingerprint density at radius 2 is 1.88 bits per heavy atom. The van der Waals surface area contributed by atoms with Crippen molar-refractivity contribution in [2.24, 2.45) is 5.92 Å². The van der Waals surface area contributed by atoms with Crippen molar-refractivity contribution in [2.75, 3.05) is 53.0 Å². The number of carbonyl (C=O) groups excluding carboxylic acids is 1. The molecule has 1 saturated carbocycles. The van der Waals surface area contributed by atoms with Crippen LogP contribution < -0.4 is 5.32 Å². The molecule has 0 unspecified atom stereocenters. The van der Waals surface area contributed by atoms with Crippen molar-refractivity contribution in [2.45, 2.75) is 56.9 Å². The Bertz CT molecular complexity index is 403. The molecule has 5 nitrogen and oxygen atoms in total. The lowest BCUT2D eigenvalue weighted by molar-refractivity contribution is -0.125. The third-order valence-electron chi connectivity index (χ3n) is 6.41. The molecule has 2 aliphatic heterocycles. The summed E-state index contributed by atoms with van der Waals surface area (Å²) in [5, 5.41) is 3.34. The minimum absolute atomic E-state index is 0.168. The number of likely N-dealkylation sites (tertiary alicyclic amines) is 2. The van der Waals surface area contributed by atoms with E-state index in [1.807, 2.05) is 0 Å². The Balaban J connectivity index is 1.49. The standard InChI is InChI=1S/C19H35N3O2/c1-24-14-13-21-12-7-17(15-21)18(23)20-16-19(8-3-4-9-19)22-10-5-2-6-11-22/h17H,2-16H2,1H3,(H,20,23)/t17-/m1/s1. The highest BCUT2D eigenvalue weighted by Crippen LogP contribution is 2.36. The molecular formula is C19H35N3O2. The average Bonchev–Trinajstić information content (AvgIpc) is 3.29. The smallest absolute Gasteiger partial charge is 0.224 e. The summed E-state index contributed by atoms with van der Waals surface area (Å²) in [6.45, 7) is 6.93. The summed E-state index contributed by atoms with van der Waals surface area (Å²) in [6.07, 6.45) is 10.2. The predicted octanol–water partition coefficient (Wildman–Crippen LogP) is 1.87. The average molecular weight is 338 g/mol. The van der Waals surface area contributed by atoms with Gasteiger partial charge in [0.25, 0.3) is 0 Å². The zero-order valence-electron chi connectivity index (χ0n) is 15.4. The van der Waals surface area contributed by atoms with Gasteiger partial charge in [-0.1, -0.05) is 19.3 Å². The van der Waals surface area contributed by atoms with Crippen LogP contribution in [0.2, 0.25) is 0 Å². The van der Waals surface area contributed by atoms with E-state index in [1.165, 1.54) is 58.0 Å². The van der Waals surface area contributed by atoms with Gasteiger partial charge in [-0.05, 0) is 51.7 Å². The fraction of sp³-hybridized carbons (Fsp3) is 0.947. The Morgan fingerprint density at radius 1 is 1.12 bits per heavy atom. The summed E-state index contributed by atoms with van der Waals surface area (Å²) >= 11 is 0. The van der Waals surface area contributed by atoms with E-state index in [-0.39, 0.29) is 17.4 Å². The van der Waals surface area contributed by atoms with Crippen LogP contribution in [0, 0.1) is 5.92 Å². The van der Waals surface area contributed by atoms with Crippen LogP contribution in [-0.2, 0) is 9.53 Å². The van der Waals surface area contributed by atoms with Gasteiger partial charge in [-0.3, -0.25) is 9.69 Å². The number of hydrogen-bond acceptors (Lipinski definition) is 4. The molecule has 0 aromatic heterocycles. The molecule has 3 aliphatic rings. The molecule has 138 valence electrons. The summed E-state index contributed by atoms with van der Waals surface area (Å²) in [4.78, 5) is 17.7. The Morgan fingerprint density at radius 3 is 2.58 bits per heavy atom. The third kappa shape index (κ3) is 4.30. The highest BCUT2D eigenvalue weighted by Gasteiger charge is 2.40. The van der Waals surface area contributed by atoms with Crippen molar-refractivity contribution in [1.29, 1.82) is 0 Å². The van der Waals surface area contributed by atoms with E-state index < -0.39 is 0 Å². The van der Waals surface area contributed by atoms with Gasteiger partial charge in [0.1, 0.15) is 0 Å². The molecule has 3 fully saturated rings.